The fourth-order valence-electron chi connectivity index (χ4n) is 5.19. The zero-order valence-corrected chi connectivity index (χ0v) is 20.8. The van der Waals surface area contributed by atoms with Gasteiger partial charge in [0.25, 0.3) is 0 Å². The van der Waals surface area contributed by atoms with Gasteiger partial charge < -0.3 is 0 Å². The maximum atomic E-state index is 14.9. The molecule has 4 rings (SSSR count). The number of halogens is 3. The summed E-state index contributed by atoms with van der Waals surface area (Å²) in [4.78, 5) is 0. The Morgan fingerprint density at radius 3 is 2.20 bits per heavy atom. The highest BCUT2D eigenvalue weighted by Gasteiger charge is 2.25. The summed E-state index contributed by atoms with van der Waals surface area (Å²) >= 11 is 0. The Morgan fingerprint density at radius 2 is 1.54 bits per heavy atom. The molecule has 1 saturated carbocycles. The molecule has 184 valence electrons. The van der Waals surface area contributed by atoms with E-state index >= 15 is 0 Å². The van der Waals surface area contributed by atoms with E-state index in [-0.39, 0.29) is 17.3 Å². The van der Waals surface area contributed by atoms with Crippen LogP contribution >= 0.6 is 0 Å². The smallest absolute Gasteiger partial charge is 0.166 e. The molecule has 0 unspecified atom stereocenters. The fourth-order valence-corrected chi connectivity index (χ4v) is 5.19. The van der Waals surface area contributed by atoms with Crippen LogP contribution in [0.15, 0.2) is 54.6 Å². The summed E-state index contributed by atoms with van der Waals surface area (Å²) < 4.78 is 44.3. The molecule has 0 heterocycles. The van der Waals surface area contributed by atoms with Crippen molar-refractivity contribution >= 4 is 12.2 Å². The van der Waals surface area contributed by atoms with Crippen molar-refractivity contribution in [3.63, 3.8) is 0 Å². The average molecular weight is 477 g/mol. The van der Waals surface area contributed by atoms with Gasteiger partial charge in [0.05, 0.1) is 0 Å². The molecule has 3 aromatic rings. The molecule has 0 amide bonds. The molecule has 0 N–H and O–H groups in total. The van der Waals surface area contributed by atoms with Crippen LogP contribution < -0.4 is 0 Å². The third kappa shape index (κ3) is 6.07. The number of hydrogen-bond acceptors (Lipinski definition) is 0. The molecular weight excluding hydrogens is 441 g/mol. The van der Waals surface area contributed by atoms with Crippen molar-refractivity contribution in [3.05, 3.63) is 94.3 Å². The standard InChI is InChI=1S/C32H35F3/c1-3-5-6-24-12-19-28(30(33)21-24)25-15-9-23(10-16-25)11-17-27-18-20-29(32(35)31(27)34)26-13-7-22(4-2)8-14-26/h9-12,15-22,26H,3-8,13-14H2,1-2H3. The first kappa shape index (κ1) is 25.3. The van der Waals surface area contributed by atoms with Gasteiger partial charge in [0.15, 0.2) is 11.6 Å². The molecule has 0 spiro atoms. The lowest BCUT2D eigenvalue weighted by Crippen LogP contribution is -2.14. The number of hydrogen-bond donors (Lipinski definition) is 0. The molecule has 0 atom stereocenters. The van der Waals surface area contributed by atoms with Gasteiger partial charge in [-0.1, -0.05) is 87.4 Å². The minimum absolute atomic E-state index is 0.110. The van der Waals surface area contributed by atoms with Gasteiger partial charge in [-0.3, -0.25) is 0 Å². The van der Waals surface area contributed by atoms with E-state index < -0.39 is 11.6 Å². The predicted octanol–water partition coefficient (Wildman–Crippen LogP) is 9.97. The summed E-state index contributed by atoms with van der Waals surface area (Å²) in [5.41, 5.74) is 3.98. The summed E-state index contributed by atoms with van der Waals surface area (Å²) in [5.74, 6) is -0.880. The van der Waals surface area contributed by atoms with E-state index in [0.29, 0.717) is 11.1 Å². The summed E-state index contributed by atoms with van der Waals surface area (Å²) in [6, 6.07) is 16.3. The Morgan fingerprint density at radius 1 is 0.800 bits per heavy atom. The zero-order valence-electron chi connectivity index (χ0n) is 20.8. The van der Waals surface area contributed by atoms with Gasteiger partial charge in [0.2, 0.25) is 0 Å². The summed E-state index contributed by atoms with van der Waals surface area (Å²) in [7, 11) is 0. The van der Waals surface area contributed by atoms with Crippen LogP contribution in [0.2, 0.25) is 0 Å². The van der Waals surface area contributed by atoms with E-state index in [1.165, 1.54) is 0 Å². The van der Waals surface area contributed by atoms with E-state index in [1.54, 1.807) is 30.4 Å². The SMILES string of the molecule is CCCCc1ccc(-c2ccc(C=Cc3ccc(C4CCC(CC)CC4)c(F)c3F)cc2)c(F)c1. The topological polar surface area (TPSA) is 0 Å². The van der Waals surface area contributed by atoms with Gasteiger partial charge in [-0.25, -0.2) is 13.2 Å². The molecule has 0 radical (unpaired) electrons. The maximum Gasteiger partial charge on any atom is 0.166 e. The fraction of sp³-hybridized carbons (Fsp3) is 0.375. The van der Waals surface area contributed by atoms with Gasteiger partial charge in [-0.15, -0.1) is 0 Å². The van der Waals surface area contributed by atoms with E-state index in [9.17, 15) is 13.2 Å². The minimum Gasteiger partial charge on any atom is -0.206 e. The Balaban J connectivity index is 1.45. The first-order valence-electron chi connectivity index (χ1n) is 13.0. The van der Waals surface area contributed by atoms with Crippen molar-refractivity contribution in [2.75, 3.05) is 0 Å². The molecule has 1 aliphatic rings. The van der Waals surface area contributed by atoms with Crippen molar-refractivity contribution < 1.29 is 13.2 Å². The molecule has 0 bridgehead atoms. The minimum atomic E-state index is -0.779. The van der Waals surface area contributed by atoms with Gasteiger partial charge in [0.1, 0.15) is 5.82 Å². The molecule has 0 aliphatic heterocycles. The zero-order chi connectivity index (χ0) is 24.8. The Hall–Kier alpha value is -2.81. The molecule has 0 aromatic heterocycles. The van der Waals surface area contributed by atoms with Gasteiger partial charge in [-0.05, 0) is 78.7 Å². The first-order valence-corrected chi connectivity index (χ1v) is 13.0. The van der Waals surface area contributed by atoms with Crippen LogP contribution in [0.3, 0.4) is 0 Å². The van der Waals surface area contributed by atoms with Gasteiger partial charge in [0, 0.05) is 11.1 Å². The number of rotatable bonds is 8. The lowest BCUT2D eigenvalue weighted by Gasteiger charge is -2.28. The quantitative estimate of drug-likeness (QED) is 0.284. The second-order valence-corrected chi connectivity index (χ2v) is 9.87. The summed E-state index contributed by atoms with van der Waals surface area (Å²) in [6.45, 7) is 4.32. The number of benzene rings is 3. The van der Waals surface area contributed by atoms with Gasteiger partial charge in [-0.2, -0.15) is 0 Å². The summed E-state index contributed by atoms with van der Waals surface area (Å²) in [6.07, 6.45) is 11.6. The van der Waals surface area contributed by atoms with Crippen LogP contribution in [0.5, 0.6) is 0 Å². The second kappa shape index (κ2) is 11.7. The molecule has 3 heteroatoms. The molecule has 1 aliphatic carbocycles. The number of unbranched alkanes of at least 4 members (excludes halogenated alkanes) is 1. The lowest BCUT2D eigenvalue weighted by atomic mass is 9.77. The van der Waals surface area contributed by atoms with Crippen LogP contribution in [0.1, 0.15) is 87.0 Å². The highest BCUT2D eigenvalue weighted by atomic mass is 19.2. The maximum absolute atomic E-state index is 14.9. The third-order valence-electron chi connectivity index (χ3n) is 7.54. The molecular formula is C32H35F3. The normalized spacial score (nSPS) is 18.3. The van der Waals surface area contributed by atoms with E-state index in [4.69, 9.17) is 0 Å². The van der Waals surface area contributed by atoms with Crippen LogP contribution in [0.25, 0.3) is 23.3 Å². The van der Waals surface area contributed by atoms with Crippen LogP contribution in [0, 0.1) is 23.4 Å². The van der Waals surface area contributed by atoms with Crippen LogP contribution in [-0.4, -0.2) is 0 Å². The Labute approximate surface area is 207 Å². The van der Waals surface area contributed by atoms with Crippen molar-refractivity contribution in [1.29, 1.82) is 0 Å². The second-order valence-electron chi connectivity index (χ2n) is 9.87. The Kier molecular flexibility index (Phi) is 8.49. The molecule has 35 heavy (non-hydrogen) atoms. The lowest BCUT2D eigenvalue weighted by molar-refractivity contribution is 0.312. The Bertz CT molecular complexity index is 1150. The monoisotopic (exact) mass is 476 g/mol. The molecule has 0 nitrogen and oxygen atoms in total. The third-order valence-corrected chi connectivity index (χ3v) is 7.54. The first-order chi connectivity index (χ1) is 17.0. The highest BCUT2D eigenvalue weighted by Crippen LogP contribution is 2.38. The van der Waals surface area contributed by atoms with Gasteiger partial charge >= 0.3 is 0 Å². The largest absolute Gasteiger partial charge is 0.206 e. The molecule has 1 fully saturated rings. The van der Waals surface area contributed by atoms with Crippen molar-refractivity contribution in [1.82, 2.24) is 0 Å². The predicted molar refractivity (Wildman–Crippen MR) is 141 cm³/mol. The van der Waals surface area contributed by atoms with Crippen molar-refractivity contribution in [2.45, 2.75) is 71.1 Å². The number of aryl methyl sites for hydroxylation is 1. The van der Waals surface area contributed by atoms with E-state index in [2.05, 4.69) is 13.8 Å². The van der Waals surface area contributed by atoms with Crippen molar-refractivity contribution in [2.24, 2.45) is 5.92 Å². The van der Waals surface area contributed by atoms with Crippen LogP contribution in [-0.2, 0) is 6.42 Å². The highest BCUT2D eigenvalue weighted by molar-refractivity contribution is 5.72. The summed E-state index contributed by atoms with van der Waals surface area (Å²) in [5, 5.41) is 0. The van der Waals surface area contributed by atoms with E-state index in [1.807, 2.05) is 36.4 Å². The molecule has 3 aromatic carbocycles. The van der Waals surface area contributed by atoms with E-state index in [0.717, 1.165) is 74.0 Å². The van der Waals surface area contributed by atoms with Crippen LogP contribution in [0.4, 0.5) is 13.2 Å². The van der Waals surface area contributed by atoms with Crippen molar-refractivity contribution in [3.8, 4) is 11.1 Å². The molecule has 0 saturated heterocycles. The average Bonchev–Trinajstić information content (AvgIpc) is 2.89.